The average Bonchev–Trinajstić information content (AvgIpc) is 1.88. The predicted molar refractivity (Wildman–Crippen MR) is 40.8 cm³/mol. The molecule has 0 aliphatic carbocycles. The zero-order valence-corrected chi connectivity index (χ0v) is 6.07. The van der Waals surface area contributed by atoms with Gasteiger partial charge in [0.1, 0.15) is 18.0 Å². The minimum absolute atomic E-state index is 0.499. The molecule has 0 saturated carbocycles. The van der Waals surface area contributed by atoms with E-state index in [0.717, 1.165) is 5.82 Å². The van der Waals surface area contributed by atoms with Crippen molar-refractivity contribution in [1.29, 1.82) is 0 Å². The van der Waals surface area contributed by atoms with Crippen LogP contribution in [0.4, 0.5) is 11.6 Å². The average molecular weight is 138 g/mol. The van der Waals surface area contributed by atoms with Crippen LogP contribution in [0.15, 0.2) is 12.4 Å². The summed E-state index contributed by atoms with van der Waals surface area (Å²) in [5.74, 6) is 1.33. The zero-order valence-electron chi connectivity index (χ0n) is 6.07. The normalized spacial score (nSPS) is 9.40. The summed E-state index contributed by atoms with van der Waals surface area (Å²) in [7, 11) is 3.81. The number of hydrogen-bond donors (Lipinski definition) is 1. The Kier molecular flexibility index (Phi) is 1.71. The van der Waals surface area contributed by atoms with E-state index in [2.05, 4.69) is 9.97 Å². The molecular weight excluding hydrogens is 128 g/mol. The van der Waals surface area contributed by atoms with E-state index >= 15 is 0 Å². The summed E-state index contributed by atoms with van der Waals surface area (Å²) in [6.07, 6.45) is 1.45. The van der Waals surface area contributed by atoms with E-state index < -0.39 is 0 Å². The molecule has 1 rings (SSSR count). The van der Waals surface area contributed by atoms with E-state index in [1.807, 2.05) is 19.0 Å². The molecule has 4 heteroatoms. The number of aromatic nitrogens is 2. The summed E-state index contributed by atoms with van der Waals surface area (Å²) in [5, 5.41) is 0. The van der Waals surface area contributed by atoms with Crippen molar-refractivity contribution < 1.29 is 0 Å². The lowest BCUT2D eigenvalue weighted by Gasteiger charge is -2.09. The highest BCUT2D eigenvalue weighted by Gasteiger charge is 1.95. The minimum Gasteiger partial charge on any atom is -0.384 e. The number of nitrogens with two attached hydrogens (primary N) is 1. The van der Waals surface area contributed by atoms with Gasteiger partial charge in [0.25, 0.3) is 0 Å². The van der Waals surface area contributed by atoms with Crippen LogP contribution in [0.3, 0.4) is 0 Å². The van der Waals surface area contributed by atoms with Crippen LogP contribution in [0.5, 0.6) is 0 Å². The number of nitrogen functional groups attached to an aromatic ring is 1. The smallest absolute Gasteiger partial charge is 0.133 e. The third kappa shape index (κ3) is 1.34. The van der Waals surface area contributed by atoms with Gasteiger partial charge in [0.15, 0.2) is 0 Å². The maximum Gasteiger partial charge on any atom is 0.133 e. The molecular formula is C6H10N4. The van der Waals surface area contributed by atoms with Gasteiger partial charge in [0, 0.05) is 20.2 Å². The number of anilines is 2. The van der Waals surface area contributed by atoms with Gasteiger partial charge in [-0.3, -0.25) is 0 Å². The lowest BCUT2D eigenvalue weighted by atomic mass is 10.5. The Morgan fingerprint density at radius 1 is 1.40 bits per heavy atom. The second-order valence-electron chi connectivity index (χ2n) is 2.20. The van der Waals surface area contributed by atoms with Gasteiger partial charge in [-0.15, -0.1) is 0 Å². The Labute approximate surface area is 59.7 Å². The van der Waals surface area contributed by atoms with Gasteiger partial charge >= 0.3 is 0 Å². The van der Waals surface area contributed by atoms with Crippen LogP contribution in [-0.2, 0) is 0 Å². The third-order valence-corrected chi connectivity index (χ3v) is 1.13. The molecule has 0 aliphatic heterocycles. The fraction of sp³-hybridized carbons (Fsp3) is 0.333. The molecule has 1 heterocycles. The lowest BCUT2D eigenvalue weighted by Crippen LogP contribution is -2.11. The quantitative estimate of drug-likeness (QED) is 0.599. The van der Waals surface area contributed by atoms with E-state index in [9.17, 15) is 0 Å². The lowest BCUT2D eigenvalue weighted by molar-refractivity contribution is 1.04. The molecule has 10 heavy (non-hydrogen) atoms. The first-order valence-electron chi connectivity index (χ1n) is 2.95. The molecule has 0 spiro atoms. The van der Waals surface area contributed by atoms with Crippen molar-refractivity contribution in [2.75, 3.05) is 24.7 Å². The number of nitrogens with zero attached hydrogens (tertiary/aromatic N) is 3. The van der Waals surface area contributed by atoms with Gasteiger partial charge in [-0.1, -0.05) is 0 Å². The molecule has 0 fully saturated rings. The van der Waals surface area contributed by atoms with Crippen LogP contribution < -0.4 is 10.6 Å². The molecule has 2 N–H and O–H groups in total. The summed E-state index contributed by atoms with van der Waals surface area (Å²) < 4.78 is 0. The van der Waals surface area contributed by atoms with E-state index in [1.165, 1.54) is 6.33 Å². The topological polar surface area (TPSA) is 55.0 Å². The third-order valence-electron chi connectivity index (χ3n) is 1.13. The Balaban J connectivity index is 2.96. The number of hydrogen-bond acceptors (Lipinski definition) is 4. The molecule has 0 bridgehead atoms. The molecule has 1 aromatic rings. The first kappa shape index (κ1) is 6.80. The van der Waals surface area contributed by atoms with E-state index in [0.29, 0.717) is 5.82 Å². The Hall–Kier alpha value is -1.32. The summed E-state index contributed by atoms with van der Waals surface area (Å²) >= 11 is 0. The van der Waals surface area contributed by atoms with Gasteiger partial charge < -0.3 is 10.6 Å². The highest BCUT2D eigenvalue weighted by molar-refractivity contribution is 5.44. The maximum atomic E-state index is 5.42. The van der Waals surface area contributed by atoms with Gasteiger partial charge in [-0.05, 0) is 0 Å². The molecule has 1 aromatic heterocycles. The highest BCUT2D eigenvalue weighted by atomic mass is 15.1. The van der Waals surface area contributed by atoms with Crippen LogP contribution in [-0.4, -0.2) is 24.1 Å². The molecule has 54 valence electrons. The van der Waals surface area contributed by atoms with Crippen molar-refractivity contribution in [3.05, 3.63) is 12.4 Å². The Bertz CT molecular complexity index is 221. The molecule has 0 atom stereocenters. The van der Waals surface area contributed by atoms with Crippen molar-refractivity contribution in [3.8, 4) is 0 Å². The van der Waals surface area contributed by atoms with Crippen molar-refractivity contribution >= 4 is 11.6 Å². The Morgan fingerprint density at radius 2 is 2.10 bits per heavy atom. The van der Waals surface area contributed by atoms with Crippen molar-refractivity contribution in [2.45, 2.75) is 0 Å². The van der Waals surface area contributed by atoms with E-state index in [-0.39, 0.29) is 0 Å². The van der Waals surface area contributed by atoms with Crippen LogP contribution >= 0.6 is 0 Å². The van der Waals surface area contributed by atoms with Crippen molar-refractivity contribution in [2.24, 2.45) is 0 Å². The highest BCUT2D eigenvalue weighted by Crippen LogP contribution is 2.06. The number of rotatable bonds is 1. The second-order valence-corrected chi connectivity index (χ2v) is 2.20. The van der Waals surface area contributed by atoms with Crippen LogP contribution in [0.25, 0.3) is 0 Å². The monoisotopic (exact) mass is 138 g/mol. The fourth-order valence-electron chi connectivity index (χ4n) is 0.606. The standard InChI is InChI=1S/C6H10N4/c1-10(2)6-3-5(7)8-4-9-6/h3-4H,1-2H3,(H2,7,8,9). The zero-order chi connectivity index (χ0) is 7.56. The van der Waals surface area contributed by atoms with Gasteiger partial charge in [-0.2, -0.15) is 0 Å². The molecule has 0 radical (unpaired) electrons. The van der Waals surface area contributed by atoms with Gasteiger partial charge in [0.2, 0.25) is 0 Å². The van der Waals surface area contributed by atoms with Gasteiger partial charge in [-0.25, -0.2) is 9.97 Å². The minimum atomic E-state index is 0.499. The molecule has 0 unspecified atom stereocenters. The largest absolute Gasteiger partial charge is 0.384 e. The van der Waals surface area contributed by atoms with E-state index in [4.69, 9.17) is 5.73 Å². The first-order chi connectivity index (χ1) is 4.70. The molecule has 0 aliphatic rings. The van der Waals surface area contributed by atoms with Crippen molar-refractivity contribution in [3.63, 3.8) is 0 Å². The second kappa shape index (κ2) is 2.51. The predicted octanol–water partition coefficient (Wildman–Crippen LogP) is 0.125. The van der Waals surface area contributed by atoms with Gasteiger partial charge in [0.05, 0.1) is 0 Å². The summed E-state index contributed by atoms with van der Waals surface area (Å²) in [5.41, 5.74) is 5.42. The van der Waals surface area contributed by atoms with E-state index in [1.54, 1.807) is 6.07 Å². The molecule has 0 aromatic carbocycles. The molecule has 0 saturated heterocycles. The summed E-state index contributed by atoms with van der Waals surface area (Å²) in [4.78, 5) is 9.61. The molecule has 0 amide bonds. The molecule has 4 nitrogen and oxygen atoms in total. The summed E-state index contributed by atoms with van der Waals surface area (Å²) in [6.45, 7) is 0. The maximum absolute atomic E-state index is 5.42. The fourth-order valence-corrected chi connectivity index (χ4v) is 0.606. The van der Waals surface area contributed by atoms with Crippen LogP contribution in [0.1, 0.15) is 0 Å². The van der Waals surface area contributed by atoms with Crippen molar-refractivity contribution in [1.82, 2.24) is 9.97 Å². The Morgan fingerprint density at radius 3 is 2.50 bits per heavy atom. The SMILES string of the molecule is CN(C)c1cc(N)ncn1. The summed E-state index contributed by atoms with van der Waals surface area (Å²) in [6, 6.07) is 1.72. The first-order valence-corrected chi connectivity index (χ1v) is 2.95. The van der Waals surface area contributed by atoms with Crippen LogP contribution in [0.2, 0.25) is 0 Å². The van der Waals surface area contributed by atoms with Crippen LogP contribution in [0, 0.1) is 0 Å².